The number of amides is 1. The number of aryl methyl sites for hydroxylation is 1. The van der Waals surface area contributed by atoms with Crippen LogP contribution in [0.2, 0.25) is 0 Å². The zero-order chi connectivity index (χ0) is 20.4. The third kappa shape index (κ3) is 5.88. The van der Waals surface area contributed by atoms with Crippen LogP contribution in [0.4, 0.5) is 5.69 Å². The summed E-state index contributed by atoms with van der Waals surface area (Å²) in [4.78, 5) is 12.6. The van der Waals surface area contributed by atoms with Crippen molar-refractivity contribution in [1.82, 2.24) is 0 Å². The molecule has 5 heteroatoms. The Morgan fingerprint density at radius 1 is 1.11 bits per heavy atom. The maximum atomic E-state index is 12.6. The molecule has 146 valence electrons. The Hall–Kier alpha value is -3.26. The van der Waals surface area contributed by atoms with Crippen molar-refractivity contribution >= 4 is 17.7 Å². The maximum absolute atomic E-state index is 12.6. The van der Waals surface area contributed by atoms with Crippen molar-refractivity contribution in [2.24, 2.45) is 0 Å². The molecule has 1 amide bonds. The standard InChI is InChI=1S/C23H26N2O3/c1-4-12-27-20-11-10-18(22(15-20)28-13-5-2)14-19(16-24)23(26)25-21-9-7-6-8-17(21)3/h6-11,14-15H,4-5,12-13H2,1-3H3,(H,25,26)/b19-14+. The number of nitrogens with zero attached hydrogens (tertiary/aromatic N) is 1. The molecule has 28 heavy (non-hydrogen) atoms. The first-order valence-corrected chi connectivity index (χ1v) is 9.47. The van der Waals surface area contributed by atoms with E-state index in [1.807, 2.05) is 51.1 Å². The molecular formula is C23H26N2O3. The first kappa shape index (κ1) is 21.0. The minimum absolute atomic E-state index is 0.00632. The SMILES string of the molecule is CCCOc1ccc(/C=C(\C#N)C(=O)Nc2ccccc2C)c(OCCC)c1. The second-order valence-corrected chi connectivity index (χ2v) is 6.34. The fraction of sp³-hybridized carbons (Fsp3) is 0.304. The van der Waals surface area contributed by atoms with Gasteiger partial charge in [-0.3, -0.25) is 4.79 Å². The number of hydrogen-bond donors (Lipinski definition) is 1. The van der Waals surface area contributed by atoms with Crippen LogP contribution in [-0.4, -0.2) is 19.1 Å². The molecule has 2 rings (SSSR count). The minimum Gasteiger partial charge on any atom is -0.493 e. The number of nitriles is 1. The maximum Gasteiger partial charge on any atom is 0.266 e. The van der Waals surface area contributed by atoms with Crippen molar-refractivity contribution in [1.29, 1.82) is 5.26 Å². The van der Waals surface area contributed by atoms with E-state index >= 15 is 0 Å². The number of carbonyl (C=O) groups is 1. The Labute approximate surface area is 166 Å². The Morgan fingerprint density at radius 3 is 2.50 bits per heavy atom. The molecule has 0 fully saturated rings. The van der Waals surface area contributed by atoms with E-state index in [1.54, 1.807) is 24.3 Å². The van der Waals surface area contributed by atoms with Crippen LogP contribution >= 0.6 is 0 Å². The summed E-state index contributed by atoms with van der Waals surface area (Å²) in [6.07, 6.45) is 3.30. The summed E-state index contributed by atoms with van der Waals surface area (Å²) >= 11 is 0. The number of anilines is 1. The Kier molecular flexibility index (Phi) is 8.11. The van der Waals surface area contributed by atoms with E-state index in [9.17, 15) is 10.1 Å². The van der Waals surface area contributed by atoms with Crippen LogP contribution in [0.15, 0.2) is 48.0 Å². The zero-order valence-electron chi connectivity index (χ0n) is 16.6. The van der Waals surface area contributed by atoms with Gasteiger partial charge in [-0.2, -0.15) is 5.26 Å². The molecule has 2 aromatic rings. The normalized spacial score (nSPS) is 10.9. The van der Waals surface area contributed by atoms with Gasteiger partial charge in [-0.1, -0.05) is 32.0 Å². The smallest absolute Gasteiger partial charge is 0.266 e. The van der Waals surface area contributed by atoms with E-state index in [1.165, 1.54) is 0 Å². The second-order valence-electron chi connectivity index (χ2n) is 6.34. The molecule has 5 nitrogen and oxygen atoms in total. The van der Waals surface area contributed by atoms with E-state index in [0.717, 1.165) is 18.4 Å². The summed E-state index contributed by atoms with van der Waals surface area (Å²) in [5.74, 6) is 0.837. The number of benzene rings is 2. The van der Waals surface area contributed by atoms with Gasteiger partial charge in [0.25, 0.3) is 5.91 Å². The lowest BCUT2D eigenvalue weighted by Gasteiger charge is -2.12. The van der Waals surface area contributed by atoms with E-state index in [-0.39, 0.29) is 5.57 Å². The largest absolute Gasteiger partial charge is 0.493 e. The number of hydrogen-bond acceptors (Lipinski definition) is 4. The monoisotopic (exact) mass is 378 g/mol. The first-order chi connectivity index (χ1) is 13.6. The minimum atomic E-state index is -0.454. The third-order valence-corrected chi connectivity index (χ3v) is 3.98. The molecule has 0 unspecified atom stereocenters. The number of rotatable bonds is 9. The molecule has 2 aromatic carbocycles. The van der Waals surface area contributed by atoms with Gasteiger partial charge < -0.3 is 14.8 Å². The van der Waals surface area contributed by atoms with Crippen LogP contribution in [0.1, 0.15) is 37.8 Å². The molecule has 0 atom stereocenters. The summed E-state index contributed by atoms with van der Waals surface area (Å²) < 4.78 is 11.5. The quantitative estimate of drug-likeness (QED) is 0.486. The van der Waals surface area contributed by atoms with Gasteiger partial charge in [0.1, 0.15) is 23.1 Å². The average molecular weight is 378 g/mol. The Balaban J connectivity index is 2.29. The molecule has 0 aromatic heterocycles. The van der Waals surface area contributed by atoms with Crippen LogP contribution in [0.5, 0.6) is 11.5 Å². The van der Waals surface area contributed by atoms with Gasteiger partial charge in [0.15, 0.2) is 0 Å². The topological polar surface area (TPSA) is 71.3 Å². The predicted octanol–water partition coefficient (Wildman–Crippen LogP) is 5.12. The zero-order valence-corrected chi connectivity index (χ0v) is 16.6. The summed E-state index contributed by atoms with van der Waals surface area (Å²) in [6, 6.07) is 14.8. The highest BCUT2D eigenvalue weighted by Gasteiger charge is 2.13. The second kappa shape index (κ2) is 10.8. The summed E-state index contributed by atoms with van der Waals surface area (Å²) in [5.41, 5.74) is 2.28. The molecule has 0 heterocycles. The molecule has 0 saturated heterocycles. The molecule has 0 aliphatic rings. The predicted molar refractivity (Wildman–Crippen MR) is 111 cm³/mol. The first-order valence-electron chi connectivity index (χ1n) is 9.47. The molecule has 0 spiro atoms. The lowest BCUT2D eigenvalue weighted by molar-refractivity contribution is -0.112. The van der Waals surface area contributed by atoms with Crippen molar-refractivity contribution in [2.45, 2.75) is 33.6 Å². The third-order valence-electron chi connectivity index (χ3n) is 3.98. The summed E-state index contributed by atoms with van der Waals surface area (Å²) in [7, 11) is 0. The van der Waals surface area contributed by atoms with Gasteiger partial charge in [0, 0.05) is 17.3 Å². The van der Waals surface area contributed by atoms with Gasteiger partial charge in [-0.15, -0.1) is 0 Å². The van der Waals surface area contributed by atoms with Gasteiger partial charge in [0.2, 0.25) is 0 Å². The van der Waals surface area contributed by atoms with Crippen LogP contribution in [-0.2, 0) is 4.79 Å². The number of nitrogens with one attached hydrogen (secondary N) is 1. The fourth-order valence-corrected chi connectivity index (χ4v) is 2.49. The highest BCUT2D eigenvalue weighted by molar-refractivity contribution is 6.10. The van der Waals surface area contributed by atoms with Gasteiger partial charge in [-0.05, 0) is 49.6 Å². The molecule has 0 bridgehead atoms. The lowest BCUT2D eigenvalue weighted by Crippen LogP contribution is -2.14. The van der Waals surface area contributed by atoms with Crippen LogP contribution < -0.4 is 14.8 Å². The highest BCUT2D eigenvalue weighted by Crippen LogP contribution is 2.28. The van der Waals surface area contributed by atoms with E-state index in [4.69, 9.17) is 9.47 Å². The van der Waals surface area contributed by atoms with Crippen LogP contribution in [0.25, 0.3) is 6.08 Å². The van der Waals surface area contributed by atoms with E-state index in [2.05, 4.69) is 5.32 Å². The van der Waals surface area contributed by atoms with Crippen molar-refractivity contribution in [3.05, 3.63) is 59.2 Å². The molecule has 0 aliphatic carbocycles. The lowest BCUT2D eigenvalue weighted by atomic mass is 10.1. The molecule has 0 radical (unpaired) electrons. The number of carbonyl (C=O) groups excluding carboxylic acids is 1. The van der Waals surface area contributed by atoms with Crippen molar-refractivity contribution < 1.29 is 14.3 Å². The van der Waals surface area contributed by atoms with Gasteiger partial charge in [-0.25, -0.2) is 0 Å². The Bertz CT molecular complexity index is 882. The van der Waals surface area contributed by atoms with E-state index in [0.29, 0.717) is 36.0 Å². The summed E-state index contributed by atoms with van der Waals surface area (Å²) in [5, 5.41) is 12.3. The van der Waals surface area contributed by atoms with Crippen molar-refractivity contribution in [2.75, 3.05) is 18.5 Å². The summed E-state index contributed by atoms with van der Waals surface area (Å²) in [6.45, 7) is 7.11. The van der Waals surface area contributed by atoms with Crippen molar-refractivity contribution in [3.63, 3.8) is 0 Å². The average Bonchev–Trinajstić information content (AvgIpc) is 2.71. The number of ether oxygens (including phenoxy) is 2. The molecule has 0 saturated carbocycles. The van der Waals surface area contributed by atoms with Crippen LogP contribution in [0.3, 0.4) is 0 Å². The highest BCUT2D eigenvalue weighted by atomic mass is 16.5. The van der Waals surface area contributed by atoms with Crippen LogP contribution in [0, 0.1) is 18.3 Å². The number of para-hydroxylation sites is 1. The van der Waals surface area contributed by atoms with E-state index < -0.39 is 5.91 Å². The van der Waals surface area contributed by atoms with Gasteiger partial charge >= 0.3 is 0 Å². The Morgan fingerprint density at radius 2 is 1.82 bits per heavy atom. The van der Waals surface area contributed by atoms with Gasteiger partial charge in [0.05, 0.1) is 13.2 Å². The molecule has 0 aliphatic heterocycles. The van der Waals surface area contributed by atoms with Crippen molar-refractivity contribution in [3.8, 4) is 17.6 Å². The molecular weight excluding hydrogens is 352 g/mol. The molecule has 1 N–H and O–H groups in total. The fourth-order valence-electron chi connectivity index (χ4n) is 2.49.